The summed E-state index contributed by atoms with van der Waals surface area (Å²) in [5, 5.41) is 0. The van der Waals surface area contributed by atoms with Crippen molar-refractivity contribution in [1.29, 1.82) is 0 Å². The summed E-state index contributed by atoms with van der Waals surface area (Å²) in [5.41, 5.74) is 9.12. The summed E-state index contributed by atoms with van der Waals surface area (Å²) in [6, 6.07) is 9.75. The molecule has 0 aromatic heterocycles. The van der Waals surface area contributed by atoms with Gasteiger partial charge in [0.15, 0.2) is 0 Å². The van der Waals surface area contributed by atoms with E-state index in [0.717, 1.165) is 18.9 Å². The van der Waals surface area contributed by atoms with Crippen LogP contribution < -0.4 is 5.73 Å². The van der Waals surface area contributed by atoms with Gasteiger partial charge in [-0.15, -0.1) is 0 Å². The van der Waals surface area contributed by atoms with Gasteiger partial charge in [-0.05, 0) is 43.4 Å². The molecule has 2 N–H and O–H groups in total. The zero-order chi connectivity index (χ0) is 15.2. The lowest BCUT2D eigenvalue weighted by Crippen LogP contribution is -2.42. The second kappa shape index (κ2) is 7.95. The van der Waals surface area contributed by atoms with Crippen molar-refractivity contribution in [3.63, 3.8) is 0 Å². The molecule has 2 rings (SSSR count). The van der Waals surface area contributed by atoms with E-state index < -0.39 is 0 Å². The molecule has 0 amide bonds. The fourth-order valence-corrected chi connectivity index (χ4v) is 3.72. The number of nitrogens with two attached hydrogens (primary N) is 1. The molecule has 1 aromatic rings. The normalized spacial score (nSPS) is 24.2. The Balaban J connectivity index is 1.91. The molecule has 1 saturated carbocycles. The maximum atomic E-state index is 6.43. The predicted molar refractivity (Wildman–Crippen MR) is 91.4 cm³/mol. The van der Waals surface area contributed by atoms with E-state index in [9.17, 15) is 0 Å². The third-order valence-electron chi connectivity index (χ3n) is 5.06. The molecule has 0 aliphatic heterocycles. The Morgan fingerprint density at radius 3 is 2.48 bits per heavy atom. The number of benzene rings is 1. The van der Waals surface area contributed by atoms with Crippen LogP contribution in [0.2, 0.25) is 0 Å². The van der Waals surface area contributed by atoms with Gasteiger partial charge in [-0.25, -0.2) is 0 Å². The summed E-state index contributed by atoms with van der Waals surface area (Å²) in [5.74, 6) is 0.808. The van der Waals surface area contributed by atoms with Crippen LogP contribution in [0, 0.1) is 5.92 Å². The third kappa shape index (κ3) is 4.55. The number of hydrogen-bond acceptors (Lipinski definition) is 2. The molecule has 2 heteroatoms. The van der Waals surface area contributed by atoms with Crippen LogP contribution in [0.3, 0.4) is 0 Å². The van der Waals surface area contributed by atoms with Crippen molar-refractivity contribution < 1.29 is 0 Å². The van der Waals surface area contributed by atoms with Crippen molar-refractivity contribution in [1.82, 2.24) is 4.90 Å². The van der Waals surface area contributed by atoms with Gasteiger partial charge in [0.25, 0.3) is 0 Å². The van der Waals surface area contributed by atoms with Gasteiger partial charge in [0, 0.05) is 18.6 Å². The highest BCUT2D eigenvalue weighted by Gasteiger charge is 2.25. The Morgan fingerprint density at radius 2 is 1.86 bits per heavy atom. The van der Waals surface area contributed by atoms with Crippen LogP contribution >= 0.6 is 0 Å². The van der Waals surface area contributed by atoms with E-state index in [2.05, 4.69) is 50.1 Å². The Kier molecular flexibility index (Phi) is 6.25. The van der Waals surface area contributed by atoms with Gasteiger partial charge in [-0.3, -0.25) is 0 Å². The Labute approximate surface area is 130 Å². The van der Waals surface area contributed by atoms with Crippen LogP contribution in [0.25, 0.3) is 0 Å². The van der Waals surface area contributed by atoms with Crippen molar-refractivity contribution in [3.05, 3.63) is 35.4 Å². The monoisotopic (exact) mass is 288 g/mol. The highest BCUT2D eigenvalue weighted by Crippen LogP contribution is 2.28. The fraction of sp³-hybridized carbons (Fsp3) is 0.684. The van der Waals surface area contributed by atoms with Crippen molar-refractivity contribution in [3.8, 4) is 0 Å². The van der Waals surface area contributed by atoms with E-state index in [-0.39, 0.29) is 6.04 Å². The maximum Gasteiger partial charge on any atom is 0.0424 e. The highest BCUT2D eigenvalue weighted by molar-refractivity contribution is 5.25. The quantitative estimate of drug-likeness (QED) is 0.852. The summed E-state index contributed by atoms with van der Waals surface area (Å²) in [4.78, 5) is 2.49. The van der Waals surface area contributed by atoms with Crippen LogP contribution in [0.1, 0.15) is 63.1 Å². The third-order valence-corrected chi connectivity index (χ3v) is 5.06. The fourth-order valence-electron chi connectivity index (χ4n) is 3.72. The number of nitrogens with zero attached hydrogens (tertiary/aromatic N) is 1. The van der Waals surface area contributed by atoms with Crippen molar-refractivity contribution in [2.24, 2.45) is 11.7 Å². The average Bonchev–Trinajstić information content (AvgIpc) is 2.48. The van der Waals surface area contributed by atoms with Crippen molar-refractivity contribution in [2.45, 2.75) is 64.5 Å². The van der Waals surface area contributed by atoms with Crippen LogP contribution in [0.5, 0.6) is 0 Å². The molecular weight excluding hydrogens is 256 g/mol. The first-order valence-electron chi connectivity index (χ1n) is 8.66. The number of hydrogen-bond donors (Lipinski definition) is 1. The molecule has 0 bridgehead atoms. The minimum Gasteiger partial charge on any atom is -0.323 e. The Morgan fingerprint density at radius 1 is 1.19 bits per heavy atom. The molecule has 1 fully saturated rings. The molecular formula is C19H32N2. The summed E-state index contributed by atoms with van der Waals surface area (Å²) >= 11 is 0. The van der Waals surface area contributed by atoms with E-state index in [0.29, 0.717) is 6.04 Å². The smallest absolute Gasteiger partial charge is 0.0424 e. The number of rotatable bonds is 6. The van der Waals surface area contributed by atoms with Crippen LogP contribution in [-0.4, -0.2) is 24.5 Å². The van der Waals surface area contributed by atoms with Crippen molar-refractivity contribution >= 4 is 0 Å². The molecule has 3 unspecified atom stereocenters. The van der Waals surface area contributed by atoms with Gasteiger partial charge in [0.05, 0.1) is 0 Å². The van der Waals surface area contributed by atoms with E-state index in [1.807, 2.05) is 0 Å². The topological polar surface area (TPSA) is 29.3 Å². The molecule has 0 radical (unpaired) electrons. The van der Waals surface area contributed by atoms with E-state index in [1.54, 1.807) is 0 Å². The Hall–Kier alpha value is -0.860. The lowest BCUT2D eigenvalue weighted by atomic mass is 9.85. The van der Waals surface area contributed by atoms with Gasteiger partial charge >= 0.3 is 0 Å². The minimum absolute atomic E-state index is 0.125. The largest absolute Gasteiger partial charge is 0.323 e. The summed E-state index contributed by atoms with van der Waals surface area (Å²) in [6.45, 7) is 5.58. The van der Waals surface area contributed by atoms with Gasteiger partial charge in [0.1, 0.15) is 0 Å². The summed E-state index contributed by atoms with van der Waals surface area (Å²) < 4.78 is 0. The molecule has 1 aromatic carbocycles. The first-order chi connectivity index (χ1) is 10.1. The molecule has 118 valence electrons. The van der Waals surface area contributed by atoms with Crippen LogP contribution in [0.4, 0.5) is 0 Å². The molecule has 2 nitrogen and oxygen atoms in total. The van der Waals surface area contributed by atoms with Gasteiger partial charge in [-0.2, -0.15) is 0 Å². The van der Waals surface area contributed by atoms with Gasteiger partial charge < -0.3 is 10.6 Å². The second-order valence-corrected chi connectivity index (χ2v) is 6.87. The second-order valence-electron chi connectivity index (χ2n) is 6.87. The first kappa shape index (κ1) is 16.5. The zero-order valence-electron chi connectivity index (χ0n) is 14.0. The lowest BCUT2D eigenvalue weighted by molar-refractivity contribution is 0.133. The SMILES string of the molecule is CCCc1ccc(C(N)CN(C)C2CCCCC2C)cc1. The van der Waals surface area contributed by atoms with Crippen LogP contribution in [-0.2, 0) is 6.42 Å². The number of likely N-dealkylation sites (N-methyl/N-ethyl adjacent to an activating group) is 1. The average molecular weight is 288 g/mol. The van der Waals surface area contributed by atoms with Crippen LogP contribution in [0.15, 0.2) is 24.3 Å². The molecule has 21 heavy (non-hydrogen) atoms. The highest BCUT2D eigenvalue weighted by atomic mass is 15.1. The molecule has 0 heterocycles. The summed E-state index contributed by atoms with van der Waals surface area (Å²) in [6.07, 6.45) is 7.84. The Bertz CT molecular complexity index is 412. The minimum atomic E-state index is 0.125. The lowest BCUT2D eigenvalue weighted by Gasteiger charge is -2.37. The first-order valence-corrected chi connectivity index (χ1v) is 8.66. The van der Waals surface area contributed by atoms with Gasteiger partial charge in [-0.1, -0.05) is 57.4 Å². The molecule has 1 aliphatic carbocycles. The summed E-state index contributed by atoms with van der Waals surface area (Å²) in [7, 11) is 2.25. The molecule has 0 spiro atoms. The maximum absolute atomic E-state index is 6.43. The number of aryl methyl sites for hydroxylation is 1. The molecule has 1 aliphatic rings. The van der Waals surface area contributed by atoms with Crippen molar-refractivity contribution in [2.75, 3.05) is 13.6 Å². The van der Waals surface area contributed by atoms with E-state index >= 15 is 0 Å². The zero-order valence-corrected chi connectivity index (χ0v) is 14.0. The molecule has 0 saturated heterocycles. The predicted octanol–water partition coefficient (Wildman–Crippen LogP) is 4.15. The van der Waals surface area contributed by atoms with Gasteiger partial charge in [0.2, 0.25) is 0 Å². The molecule has 3 atom stereocenters. The van der Waals surface area contributed by atoms with E-state index in [1.165, 1.54) is 43.2 Å². The standard InChI is InChI=1S/C19H32N2/c1-4-7-16-10-12-17(13-11-16)18(20)14-21(3)19-9-6-5-8-15(19)2/h10-13,15,18-19H,4-9,14,20H2,1-3H3. The van der Waals surface area contributed by atoms with E-state index in [4.69, 9.17) is 5.73 Å².